The van der Waals surface area contributed by atoms with E-state index in [0.717, 1.165) is 34.6 Å². The first kappa shape index (κ1) is 31.2. The fraction of sp³-hybridized carbons (Fsp3) is 0.636. The van der Waals surface area contributed by atoms with Gasteiger partial charge in [0, 0.05) is 25.3 Å². The first-order valence-corrected chi connectivity index (χ1v) is 13.5. The Bertz CT molecular complexity index is 967. The lowest BCUT2D eigenvalue weighted by Crippen LogP contribution is -2.27. The summed E-state index contributed by atoms with van der Waals surface area (Å²) >= 11 is 0. The molecule has 0 fully saturated rings. The van der Waals surface area contributed by atoms with Gasteiger partial charge >= 0.3 is 0 Å². The minimum Gasteiger partial charge on any atom is -0.490 e. The Morgan fingerprint density at radius 2 is 1.14 bits per heavy atom. The van der Waals surface area contributed by atoms with Gasteiger partial charge in [-0.2, -0.15) is 0 Å². The highest BCUT2D eigenvalue weighted by molar-refractivity contribution is 5.49. The normalized spacial score (nSPS) is 14.0. The Morgan fingerprint density at radius 3 is 1.54 bits per heavy atom. The van der Waals surface area contributed by atoms with Crippen molar-refractivity contribution in [3.8, 4) is 11.5 Å². The van der Waals surface area contributed by atoms with Crippen molar-refractivity contribution in [3.63, 3.8) is 0 Å². The van der Waals surface area contributed by atoms with E-state index in [-0.39, 0.29) is 10.8 Å². The van der Waals surface area contributed by atoms with Gasteiger partial charge in [0.1, 0.15) is 24.7 Å². The van der Waals surface area contributed by atoms with Crippen molar-refractivity contribution in [2.75, 3.05) is 27.4 Å². The van der Waals surface area contributed by atoms with Crippen molar-refractivity contribution in [2.45, 2.75) is 99.7 Å². The van der Waals surface area contributed by atoms with Crippen molar-refractivity contribution in [1.82, 2.24) is 0 Å². The summed E-state index contributed by atoms with van der Waals surface area (Å²) in [6, 6.07) is 12.9. The molecule has 0 aliphatic carbocycles. The Kier molecular flexibility index (Phi) is 9.93. The lowest BCUT2D eigenvalue weighted by Gasteiger charge is -2.36. The van der Waals surface area contributed by atoms with Crippen LogP contribution in [0, 0.1) is 17.8 Å². The maximum Gasteiger partial charge on any atom is 0.131 e. The zero-order chi connectivity index (χ0) is 28.2. The van der Waals surface area contributed by atoms with Gasteiger partial charge in [-0.25, -0.2) is 0 Å². The summed E-state index contributed by atoms with van der Waals surface area (Å²) in [6.07, 6.45) is 1.14. The molecule has 0 spiro atoms. The third kappa shape index (κ3) is 8.48. The first-order valence-electron chi connectivity index (χ1n) is 13.5. The highest BCUT2D eigenvalue weighted by atomic mass is 16.5. The van der Waals surface area contributed by atoms with Crippen LogP contribution < -0.4 is 9.47 Å². The number of methoxy groups -OCH3 is 2. The van der Waals surface area contributed by atoms with E-state index < -0.39 is 11.2 Å². The van der Waals surface area contributed by atoms with E-state index in [2.05, 4.69) is 113 Å². The molecule has 0 bridgehead atoms. The molecule has 37 heavy (non-hydrogen) atoms. The zero-order valence-electron chi connectivity index (χ0n) is 25.8. The van der Waals surface area contributed by atoms with Crippen molar-refractivity contribution in [3.05, 3.63) is 58.7 Å². The molecule has 0 saturated carbocycles. The van der Waals surface area contributed by atoms with Crippen molar-refractivity contribution in [2.24, 2.45) is 10.8 Å². The quantitative estimate of drug-likeness (QED) is 0.282. The number of hydrogen-bond donors (Lipinski definition) is 0. The molecule has 0 N–H and O–H groups in total. The van der Waals surface area contributed by atoms with Gasteiger partial charge < -0.3 is 18.9 Å². The van der Waals surface area contributed by atoms with Crippen LogP contribution in [0.25, 0.3) is 0 Å². The second kappa shape index (κ2) is 11.8. The largest absolute Gasteiger partial charge is 0.490 e. The van der Waals surface area contributed by atoms with Crippen molar-refractivity contribution >= 4 is 0 Å². The van der Waals surface area contributed by atoms with Gasteiger partial charge in [-0.3, -0.25) is 0 Å². The molecule has 0 aliphatic heterocycles. The lowest BCUT2D eigenvalue weighted by molar-refractivity contribution is 0.00822. The van der Waals surface area contributed by atoms with E-state index in [9.17, 15) is 0 Å². The molecule has 1 unspecified atom stereocenters. The molecule has 0 amide bonds. The fourth-order valence-electron chi connectivity index (χ4n) is 4.68. The molecule has 0 aromatic heterocycles. The Balaban J connectivity index is 2.19. The third-order valence-corrected chi connectivity index (χ3v) is 7.29. The molecule has 0 saturated heterocycles. The molecule has 1 atom stereocenters. The second-order valence-corrected chi connectivity index (χ2v) is 13.6. The van der Waals surface area contributed by atoms with Crippen molar-refractivity contribution < 1.29 is 18.9 Å². The van der Waals surface area contributed by atoms with Crippen LogP contribution in [0.15, 0.2) is 36.4 Å². The van der Waals surface area contributed by atoms with Crippen LogP contribution in [0.1, 0.15) is 104 Å². The molecule has 4 heteroatoms. The fourth-order valence-corrected chi connectivity index (χ4v) is 4.68. The number of rotatable bonds is 11. The lowest BCUT2D eigenvalue weighted by atomic mass is 9.69. The van der Waals surface area contributed by atoms with E-state index in [1.807, 2.05) is 0 Å². The van der Waals surface area contributed by atoms with Crippen LogP contribution in [0.5, 0.6) is 11.5 Å². The second-order valence-electron chi connectivity index (χ2n) is 13.6. The van der Waals surface area contributed by atoms with Crippen LogP contribution in [0.2, 0.25) is 0 Å². The third-order valence-electron chi connectivity index (χ3n) is 7.29. The zero-order valence-corrected chi connectivity index (χ0v) is 25.8. The van der Waals surface area contributed by atoms with E-state index in [1.54, 1.807) is 14.2 Å². The Hall–Kier alpha value is -2.04. The van der Waals surface area contributed by atoms with Crippen LogP contribution in [-0.2, 0) is 20.7 Å². The van der Waals surface area contributed by atoms with Gasteiger partial charge in [-0.1, -0.05) is 59.2 Å². The minimum absolute atomic E-state index is 0.193. The molecule has 0 aliphatic rings. The molecule has 2 aromatic rings. The molecular weight excluding hydrogens is 460 g/mol. The molecule has 2 rings (SSSR count). The van der Waals surface area contributed by atoms with E-state index >= 15 is 0 Å². The van der Waals surface area contributed by atoms with Crippen LogP contribution in [-0.4, -0.2) is 27.4 Å². The van der Waals surface area contributed by atoms with E-state index in [1.165, 1.54) is 5.56 Å². The monoisotopic (exact) mass is 512 g/mol. The summed E-state index contributed by atoms with van der Waals surface area (Å²) in [5, 5.41) is 0. The molecule has 0 radical (unpaired) electrons. The van der Waals surface area contributed by atoms with Gasteiger partial charge in [-0.15, -0.1) is 0 Å². The topological polar surface area (TPSA) is 36.9 Å². The van der Waals surface area contributed by atoms with Gasteiger partial charge in [0.2, 0.25) is 0 Å². The maximum atomic E-state index is 6.40. The number of ether oxygens (including phenoxy) is 4. The van der Waals surface area contributed by atoms with Crippen molar-refractivity contribution in [1.29, 1.82) is 0 Å². The number of hydrogen-bond acceptors (Lipinski definition) is 4. The summed E-state index contributed by atoms with van der Waals surface area (Å²) in [5.41, 5.74) is 3.97. The maximum absolute atomic E-state index is 6.40. The Labute approximate surface area is 227 Å². The number of aryl methyl sites for hydroxylation is 1. The molecule has 4 nitrogen and oxygen atoms in total. The predicted octanol–water partition coefficient (Wildman–Crippen LogP) is 8.78. The van der Waals surface area contributed by atoms with Crippen LogP contribution >= 0.6 is 0 Å². The highest BCUT2D eigenvalue weighted by Gasteiger charge is 2.32. The van der Waals surface area contributed by atoms with Gasteiger partial charge in [0.15, 0.2) is 0 Å². The highest BCUT2D eigenvalue weighted by Crippen LogP contribution is 2.44. The smallest absolute Gasteiger partial charge is 0.131 e. The Morgan fingerprint density at radius 1 is 0.676 bits per heavy atom. The molecule has 2 aromatic carbocycles. The summed E-state index contributed by atoms with van der Waals surface area (Å²) in [7, 11) is 3.46. The molecule has 0 heterocycles. The van der Waals surface area contributed by atoms with Crippen LogP contribution in [0.4, 0.5) is 0 Å². The summed E-state index contributed by atoms with van der Waals surface area (Å²) in [4.78, 5) is 0. The number of benzene rings is 2. The summed E-state index contributed by atoms with van der Waals surface area (Å²) in [6.45, 7) is 25.1. The first-order chi connectivity index (χ1) is 16.9. The SMILES string of the molecule is COC(C)(C)c1cc(C)cc(C(C)(C)OC)c1OCCOc1ccc(C(CC(C)(C)C)C(C)(C)C)cc1. The van der Waals surface area contributed by atoms with Gasteiger partial charge in [0.25, 0.3) is 0 Å². The standard InChI is InChI=1S/C33H52O4/c1-23-20-26(32(8,9)34-12)29(27(21-23)33(10,11)35-13)37-19-18-36-25-16-14-24(15-17-25)28(31(5,6)7)22-30(2,3)4/h14-17,20-21,28H,18-19,22H2,1-13H3. The average molecular weight is 513 g/mol. The van der Waals surface area contributed by atoms with E-state index in [4.69, 9.17) is 18.9 Å². The molecule has 208 valence electrons. The predicted molar refractivity (Wildman–Crippen MR) is 155 cm³/mol. The average Bonchev–Trinajstić information content (AvgIpc) is 2.79. The van der Waals surface area contributed by atoms with Gasteiger partial charge in [-0.05, 0) is 87.6 Å². The van der Waals surface area contributed by atoms with E-state index in [0.29, 0.717) is 19.1 Å². The summed E-state index contributed by atoms with van der Waals surface area (Å²) < 4.78 is 24.1. The molecular formula is C33H52O4. The minimum atomic E-state index is -0.507. The summed E-state index contributed by atoms with van der Waals surface area (Å²) in [5.74, 6) is 2.14. The van der Waals surface area contributed by atoms with Gasteiger partial charge in [0.05, 0.1) is 11.2 Å². The van der Waals surface area contributed by atoms with Crippen LogP contribution in [0.3, 0.4) is 0 Å².